The summed E-state index contributed by atoms with van der Waals surface area (Å²) in [6.07, 6.45) is -0.233. The summed E-state index contributed by atoms with van der Waals surface area (Å²) in [4.78, 5) is 17.6. The first-order chi connectivity index (χ1) is 9.50. The number of aromatic nitrogens is 1. The maximum Gasteiger partial charge on any atom is 0.341 e. The molecular weight excluding hydrogens is 270 g/mol. The molecule has 0 atom stereocenters. The van der Waals surface area contributed by atoms with Crippen molar-refractivity contribution in [3.8, 4) is 0 Å². The molecule has 1 aromatic heterocycles. The van der Waals surface area contributed by atoms with Crippen molar-refractivity contribution >= 4 is 11.8 Å². The van der Waals surface area contributed by atoms with Crippen LogP contribution in [-0.2, 0) is 22.7 Å². The Kier molecular flexibility index (Phi) is 3.08. The molecule has 108 valence electrons. The summed E-state index contributed by atoms with van der Waals surface area (Å²) >= 11 is 0. The number of halogens is 2. The van der Waals surface area contributed by atoms with Crippen LogP contribution in [0.2, 0.25) is 0 Å². The van der Waals surface area contributed by atoms with E-state index < -0.39 is 18.4 Å². The zero-order valence-corrected chi connectivity index (χ0v) is 11.0. The van der Waals surface area contributed by atoms with E-state index in [0.29, 0.717) is 18.9 Å². The molecule has 20 heavy (non-hydrogen) atoms. The molecule has 2 aliphatic heterocycles. The molecule has 0 radical (unpaired) electrons. The van der Waals surface area contributed by atoms with Crippen molar-refractivity contribution in [1.82, 2.24) is 4.98 Å². The average molecular weight is 284 g/mol. The molecule has 0 unspecified atom stereocenters. The molecule has 5 nitrogen and oxygen atoms in total. The Hall–Kier alpha value is -1.76. The average Bonchev–Trinajstić information content (AvgIpc) is 3.01. The van der Waals surface area contributed by atoms with Crippen LogP contribution < -0.4 is 4.90 Å². The molecule has 0 amide bonds. The Morgan fingerprint density at radius 2 is 2.30 bits per heavy atom. The molecule has 0 spiro atoms. The number of carbonyl (C=O) groups is 1. The van der Waals surface area contributed by atoms with Crippen LogP contribution in [0.5, 0.6) is 0 Å². The van der Waals surface area contributed by atoms with Gasteiger partial charge in [0.05, 0.1) is 32.6 Å². The fraction of sp³-hybridized carbons (Fsp3) is 0.538. The molecule has 0 bridgehead atoms. The van der Waals surface area contributed by atoms with E-state index in [1.807, 2.05) is 0 Å². The number of esters is 1. The zero-order valence-electron chi connectivity index (χ0n) is 11.0. The highest BCUT2D eigenvalue weighted by Crippen LogP contribution is 2.33. The molecule has 1 saturated heterocycles. The van der Waals surface area contributed by atoms with Crippen molar-refractivity contribution in [2.24, 2.45) is 0 Å². The summed E-state index contributed by atoms with van der Waals surface area (Å²) in [5, 5.41) is 0. The highest BCUT2D eigenvalue weighted by Gasteiger charge is 2.40. The van der Waals surface area contributed by atoms with Gasteiger partial charge in [-0.1, -0.05) is 0 Å². The van der Waals surface area contributed by atoms with Gasteiger partial charge < -0.3 is 14.4 Å². The van der Waals surface area contributed by atoms with E-state index in [1.165, 1.54) is 12.0 Å². The minimum atomic E-state index is -2.75. The Labute approximate surface area is 114 Å². The van der Waals surface area contributed by atoms with Crippen LogP contribution in [0.4, 0.5) is 14.6 Å². The molecule has 0 aromatic carbocycles. The summed E-state index contributed by atoms with van der Waals surface area (Å²) in [6.45, 7) is 0.462. The van der Waals surface area contributed by atoms with Gasteiger partial charge in [-0.05, 0) is 6.07 Å². The third-order valence-electron chi connectivity index (χ3n) is 3.54. The normalized spacial score (nSPS) is 20.1. The number of hydrogen-bond acceptors (Lipinski definition) is 5. The van der Waals surface area contributed by atoms with Gasteiger partial charge in [-0.15, -0.1) is 0 Å². The van der Waals surface area contributed by atoms with Gasteiger partial charge in [-0.3, -0.25) is 0 Å². The Balaban J connectivity index is 2.02. The zero-order chi connectivity index (χ0) is 14.3. The van der Waals surface area contributed by atoms with E-state index in [1.54, 1.807) is 6.07 Å². The molecule has 0 saturated carbocycles. The van der Waals surface area contributed by atoms with Gasteiger partial charge in [0.25, 0.3) is 5.92 Å². The lowest BCUT2D eigenvalue weighted by Gasteiger charge is -2.20. The summed E-state index contributed by atoms with van der Waals surface area (Å²) in [7, 11) is 1.26. The van der Waals surface area contributed by atoms with Gasteiger partial charge >= 0.3 is 5.97 Å². The predicted octanol–water partition coefficient (Wildman–Crippen LogP) is 1.74. The second-order valence-corrected chi connectivity index (χ2v) is 4.98. The van der Waals surface area contributed by atoms with Crippen LogP contribution in [0.1, 0.15) is 28.0 Å². The number of carbonyl (C=O) groups excluding carboxylic acids is 1. The van der Waals surface area contributed by atoms with Crippen LogP contribution in [0, 0.1) is 0 Å². The lowest BCUT2D eigenvalue weighted by molar-refractivity contribution is 0.0256. The maximum absolute atomic E-state index is 13.4. The Bertz CT molecular complexity index is 563. The first kappa shape index (κ1) is 13.2. The topological polar surface area (TPSA) is 51.7 Å². The second kappa shape index (κ2) is 4.66. The van der Waals surface area contributed by atoms with E-state index in [-0.39, 0.29) is 24.3 Å². The third-order valence-corrected chi connectivity index (χ3v) is 3.54. The number of alkyl halides is 2. The fourth-order valence-corrected chi connectivity index (χ4v) is 2.51. The number of fused-ring (bicyclic) bond motifs is 1. The van der Waals surface area contributed by atoms with Crippen molar-refractivity contribution in [3.63, 3.8) is 0 Å². The lowest BCUT2D eigenvalue weighted by atomic mass is 10.1. The maximum atomic E-state index is 13.4. The first-order valence-electron chi connectivity index (χ1n) is 6.32. The van der Waals surface area contributed by atoms with Crippen LogP contribution in [0.3, 0.4) is 0 Å². The molecule has 0 N–H and O–H groups in total. The Morgan fingerprint density at radius 1 is 1.50 bits per heavy atom. The van der Waals surface area contributed by atoms with Gasteiger partial charge in [0, 0.05) is 18.5 Å². The quantitative estimate of drug-likeness (QED) is 0.774. The van der Waals surface area contributed by atoms with Gasteiger partial charge in [0.15, 0.2) is 0 Å². The largest absolute Gasteiger partial charge is 0.465 e. The van der Waals surface area contributed by atoms with Crippen LogP contribution in [-0.4, -0.2) is 37.1 Å². The fourth-order valence-electron chi connectivity index (χ4n) is 2.51. The van der Waals surface area contributed by atoms with E-state index in [4.69, 9.17) is 9.47 Å². The van der Waals surface area contributed by atoms with Crippen LogP contribution in [0.25, 0.3) is 0 Å². The number of ether oxygens (including phenoxy) is 2. The highest BCUT2D eigenvalue weighted by molar-refractivity contribution is 5.95. The van der Waals surface area contributed by atoms with E-state index in [9.17, 15) is 13.6 Å². The minimum absolute atomic E-state index is 0.170. The molecule has 1 aromatic rings. The number of rotatable bonds is 2. The van der Waals surface area contributed by atoms with Gasteiger partial charge in [-0.25, -0.2) is 18.6 Å². The molecule has 3 heterocycles. The SMILES string of the molecule is COC(=O)c1cc2c(nc1N1CCC(F)(F)C1)COC2. The minimum Gasteiger partial charge on any atom is -0.465 e. The van der Waals surface area contributed by atoms with Crippen LogP contribution in [0.15, 0.2) is 6.07 Å². The van der Waals surface area contributed by atoms with Crippen molar-refractivity contribution in [2.75, 3.05) is 25.1 Å². The molecular formula is C13H14F2N2O3. The van der Waals surface area contributed by atoms with Crippen molar-refractivity contribution in [3.05, 3.63) is 22.9 Å². The van der Waals surface area contributed by atoms with Crippen molar-refractivity contribution in [2.45, 2.75) is 25.6 Å². The summed E-state index contributed by atoms with van der Waals surface area (Å²) in [5.74, 6) is -3.05. The molecule has 2 aliphatic rings. The van der Waals surface area contributed by atoms with Gasteiger partial charge in [-0.2, -0.15) is 0 Å². The molecule has 1 fully saturated rings. The summed E-state index contributed by atoms with van der Waals surface area (Å²) in [5.41, 5.74) is 1.72. The first-order valence-corrected chi connectivity index (χ1v) is 6.32. The highest BCUT2D eigenvalue weighted by atomic mass is 19.3. The van der Waals surface area contributed by atoms with Crippen molar-refractivity contribution < 1.29 is 23.0 Å². The molecule has 7 heteroatoms. The van der Waals surface area contributed by atoms with E-state index in [0.717, 1.165) is 5.56 Å². The second-order valence-electron chi connectivity index (χ2n) is 4.98. The monoisotopic (exact) mass is 284 g/mol. The number of anilines is 1. The van der Waals surface area contributed by atoms with E-state index in [2.05, 4.69) is 4.98 Å². The van der Waals surface area contributed by atoms with Gasteiger partial charge in [0.2, 0.25) is 0 Å². The third kappa shape index (κ3) is 2.22. The standard InChI is InChI=1S/C13H14F2N2O3/c1-19-12(18)9-4-8-5-20-6-10(8)16-11(9)17-3-2-13(14,15)7-17/h4H,2-3,5-7H2,1H3. The number of methoxy groups -OCH3 is 1. The number of pyridine rings is 1. The lowest BCUT2D eigenvalue weighted by Crippen LogP contribution is -2.28. The van der Waals surface area contributed by atoms with Crippen molar-refractivity contribution in [1.29, 1.82) is 0 Å². The number of hydrogen-bond donors (Lipinski definition) is 0. The molecule has 0 aliphatic carbocycles. The van der Waals surface area contributed by atoms with E-state index >= 15 is 0 Å². The van der Waals surface area contributed by atoms with Gasteiger partial charge in [0.1, 0.15) is 11.4 Å². The predicted molar refractivity (Wildman–Crippen MR) is 65.8 cm³/mol. The molecule has 3 rings (SSSR count). The van der Waals surface area contributed by atoms with Crippen LogP contribution >= 0.6 is 0 Å². The Morgan fingerprint density at radius 3 is 2.95 bits per heavy atom. The smallest absolute Gasteiger partial charge is 0.341 e. The summed E-state index contributed by atoms with van der Waals surface area (Å²) < 4.78 is 36.7. The summed E-state index contributed by atoms with van der Waals surface area (Å²) in [6, 6.07) is 1.63. The number of nitrogens with zero attached hydrogens (tertiary/aromatic N) is 2.